The summed E-state index contributed by atoms with van der Waals surface area (Å²) in [6.07, 6.45) is 14.2. The van der Waals surface area contributed by atoms with Gasteiger partial charge in [0, 0.05) is 13.0 Å². The molecule has 0 aromatic heterocycles. The summed E-state index contributed by atoms with van der Waals surface area (Å²) in [4.78, 5) is 39.2. The van der Waals surface area contributed by atoms with Gasteiger partial charge in [0.1, 0.15) is 12.3 Å². The van der Waals surface area contributed by atoms with E-state index >= 15 is 0 Å². The molecule has 10 heteroatoms. The van der Waals surface area contributed by atoms with E-state index in [9.17, 15) is 14.4 Å². The normalized spacial score (nSPS) is 12.5. The number of nitrogens with zero attached hydrogens (tertiary/aromatic N) is 1. The standard InChI is InChI=1S/C24H47N5O5/c1-3-4-5-6-7-8-9-10-11-12-18-34-22(31)16-15-21(23(32)33-2)29-28-20(19-30)14-13-17-27-24(25)26/h19-21,28-29H,3-18H2,1-2H3,(H4,25,26,27)/t20-,21?/m1/s1. The van der Waals surface area contributed by atoms with Crippen molar-refractivity contribution in [1.29, 1.82) is 0 Å². The molecule has 0 rings (SSSR count). The van der Waals surface area contributed by atoms with Crippen LogP contribution < -0.4 is 22.3 Å². The van der Waals surface area contributed by atoms with Gasteiger partial charge in [-0.25, -0.2) is 10.9 Å². The maximum atomic E-state index is 12.0. The number of unbranched alkanes of at least 4 members (excludes halogenated alkanes) is 9. The SMILES string of the molecule is CCCCCCCCCCCCOC(=O)CCC(NN[C@@H](C=O)CCCN=C(N)N)C(=O)OC. The van der Waals surface area contributed by atoms with Gasteiger partial charge >= 0.3 is 11.9 Å². The van der Waals surface area contributed by atoms with Gasteiger partial charge < -0.3 is 25.7 Å². The molecule has 0 amide bonds. The summed E-state index contributed by atoms with van der Waals surface area (Å²) in [6.45, 7) is 3.03. The number of aldehydes is 1. The first-order valence-corrected chi connectivity index (χ1v) is 12.7. The van der Waals surface area contributed by atoms with Gasteiger partial charge in [0.05, 0.1) is 19.8 Å². The van der Waals surface area contributed by atoms with E-state index < -0.39 is 18.1 Å². The van der Waals surface area contributed by atoms with Crippen molar-refractivity contribution in [3.63, 3.8) is 0 Å². The predicted octanol–water partition coefficient (Wildman–Crippen LogP) is 2.49. The number of ether oxygens (including phenoxy) is 2. The largest absolute Gasteiger partial charge is 0.468 e. The Hall–Kier alpha value is -2.20. The topological polar surface area (TPSA) is 158 Å². The van der Waals surface area contributed by atoms with Crippen molar-refractivity contribution in [3.8, 4) is 0 Å². The van der Waals surface area contributed by atoms with Crippen molar-refractivity contribution >= 4 is 24.2 Å². The van der Waals surface area contributed by atoms with Crippen LogP contribution in [-0.4, -0.2) is 56.5 Å². The van der Waals surface area contributed by atoms with Crippen LogP contribution in [0.2, 0.25) is 0 Å². The Balaban J connectivity index is 4.02. The van der Waals surface area contributed by atoms with Crippen molar-refractivity contribution in [3.05, 3.63) is 0 Å². The van der Waals surface area contributed by atoms with Crippen LogP contribution in [0.1, 0.15) is 96.8 Å². The van der Waals surface area contributed by atoms with Gasteiger partial charge in [-0.05, 0) is 25.7 Å². The van der Waals surface area contributed by atoms with Crippen molar-refractivity contribution in [2.45, 2.75) is 109 Å². The molecule has 0 saturated heterocycles. The van der Waals surface area contributed by atoms with Crippen LogP contribution >= 0.6 is 0 Å². The summed E-state index contributed by atoms with van der Waals surface area (Å²) in [5.41, 5.74) is 16.1. The zero-order chi connectivity index (χ0) is 25.4. The van der Waals surface area contributed by atoms with Crippen LogP contribution in [0.4, 0.5) is 0 Å². The molecule has 0 aromatic carbocycles. The number of rotatable bonds is 23. The first-order valence-electron chi connectivity index (χ1n) is 12.7. The first kappa shape index (κ1) is 31.8. The van der Waals surface area contributed by atoms with E-state index in [1.54, 1.807) is 0 Å². The molecule has 34 heavy (non-hydrogen) atoms. The van der Waals surface area contributed by atoms with Crippen molar-refractivity contribution in [1.82, 2.24) is 10.9 Å². The van der Waals surface area contributed by atoms with E-state index in [2.05, 4.69) is 22.8 Å². The van der Waals surface area contributed by atoms with Crippen LogP contribution in [0.15, 0.2) is 4.99 Å². The number of nitrogens with two attached hydrogens (primary N) is 2. The summed E-state index contributed by atoms with van der Waals surface area (Å²) >= 11 is 0. The highest BCUT2D eigenvalue weighted by Crippen LogP contribution is 2.11. The van der Waals surface area contributed by atoms with Crippen molar-refractivity contribution < 1.29 is 23.9 Å². The average Bonchev–Trinajstić information content (AvgIpc) is 2.83. The Morgan fingerprint density at radius 1 is 0.912 bits per heavy atom. The summed E-state index contributed by atoms with van der Waals surface area (Å²) < 4.78 is 10.1. The van der Waals surface area contributed by atoms with E-state index in [-0.39, 0.29) is 24.8 Å². The number of nitrogens with one attached hydrogen (secondary N) is 2. The fourth-order valence-corrected chi connectivity index (χ4v) is 3.40. The molecule has 0 bridgehead atoms. The fourth-order valence-electron chi connectivity index (χ4n) is 3.40. The molecular weight excluding hydrogens is 438 g/mol. The second kappa shape index (κ2) is 22.6. The Labute approximate surface area is 204 Å². The summed E-state index contributed by atoms with van der Waals surface area (Å²) in [6, 6.07) is -1.32. The van der Waals surface area contributed by atoms with Gasteiger partial charge in [-0.15, -0.1) is 0 Å². The molecule has 198 valence electrons. The highest BCUT2D eigenvalue weighted by atomic mass is 16.5. The number of methoxy groups -OCH3 is 1. The number of carbonyl (C=O) groups is 3. The molecule has 6 N–H and O–H groups in total. The molecule has 1 unspecified atom stereocenters. The molecule has 0 aliphatic heterocycles. The smallest absolute Gasteiger partial charge is 0.324 e. The molecule has 2 atom stereocenters. The zero-order valence-corrected chi connectivity index (χ0v) is 21.2. The number of guanidine groups is 1. The van der Waals surface area contributed by atoms with Crippen molar-refractivity contribution in [2.24, 2.45) is 16.5 Å². The number of hydrogen-bond acceptors (Lipinski definition) is 8. The maximum absolute atomic E-state index is 12.0. The summed E-state index contributed by atoms with van der Waals surface area (Å²) in [7, 11) is 1.27. The van der Waals surface area contributed by atoms with Gasteiger partial charge in [0.25, 0.3) is 0 Å². The Bertz CT molecular complexity index is 570. The third kappa shape index (κ3) is 19.3. The highest BCUT2D eigenvalue weighted by Gasteiger charge is 2.21. The van der Waals surface area contributed by atoms with Crippen LogP contribution in [-0.2, 0) is 23.9 Å². The Morgan fingerprint density at radius 3 is 2.09 bits per heavy atom. The van der Waals surface area contributed by atoms with E-state index in [1.165, 1.54) is 52.1 Å². The number of carbonyl (C=O) groups excluding carboxylic acids is 3. The van der Waals surface area contributed by atoms with Crippen LogP contribution in [0, 0.1) is 0 Å². The number of hydrogen-bond donors (Lipinski definition) is 4. The quantitative estimate of drug-likeness (QED) is 0.0426. The average molecular weight is 486 g/mol. The molecule has 0 aromatic rings. The van der Waals surface area contributed by atoms with Gasteiger partial charge in [0.2, 0.25) is 0 Å². The van der Waals surface area contributed by atoms with Gasteiger partial charge in [-0.2, -0.15) is 0 Å². The molecule has 0 aliphatic rings. The molecule has 0 spiro atoms. The lowest BCUT2D eigenvalue weighted by Gasteiger charge is -2.20. The van der Waals surface area contributed by atoms with Crippen LogP contribution in [0.5, 0.6) is 0 Å². The fraction of sp³-hybridized carbons (Fsp3) is 0.833. The minimum Gasteiger partial charge on any atom is -0.468 e. The molecule has 0 heterocycles. The van der Waals surface area contributed by atoms with Gasteiger partial charge in [-0.1, -0.05) is 64.7 Å². The van der Waals surface area contributed by atoms with Gasteiger partial charge in [-0.3, -0.25) is 14.6 Å². The van der Waals surface area contributed by atoms with E-state index in [0.29, 0.717) is 26.0 Å². The number of esters is 2. The first-order chi connectivity index (χ1) is 16.4. The van der Waals surface area contributed by atoms with Gasteiger partial charge in [0.15, 0.2) is 5.96 Å². The number of hydrazine groups is 1. The highest BCUT2D eigenvalue weighted by molar-refractivity contribution is 5.77. The Morgan fingerprint density at radius 2 is 1.53 bits per heavy atom. The van der Waals surface area contributed by atoms with E-state index in [0.717, 1.165) is 25.5 Å². The molecular formula is C24H47N5O5. The Kier molecular flexibility index (Phi) is 21.1. The zero-order valence-electron chi connectivity index (χ0n) is 21.2. The molecule has 0 saturated carbocycles. The molecule has 10 nitrogen and oxygen atoms in total. The lowest BCUT2D eigenvalue weighted by atomic mass is 10.1. The summed E-state index contributed by atoms with van der Waals surface area (Å²) in [5.74, 6) is -0.879. The van der Waals surface area contributed by atoms with Crippen LogP contribution in [0.3, 0.4) is 0 Å². The minimum absolute atomic E-state index is 0.000421. The second-order valence-electron chi connectivity index (χ2n) is 8.50. The van der Waals surface area contributed by atoms with Crippen molar-refractivity contribution in [2.75, 3.05) is 20.3 Å². The van der Waals surface area contributed by atoms with E-state index in [1.807, 2.05) is 0 Å². The second-order valence-corrected chi connectivity index (χ2v) is 8.50. The van der Waals surface area contributed by atoms with Crippen LogP contribution in [0.25, 0.3) is 0 Å². The maximum Gasteiger partial charge on any atom is 0.324 e. The molecule has 0 radical (unpaired) electrons. The third-order valence-electron chi connectivity index (χ3n) is 5.46. The molecule has 0 fully saturated rings. The lowest BCUT2D eigenvalue weighted by molar-refractivity contribution is -0.146. The predicted molar refractivity (Wildman–Crippen MR) is 134 cm³/mol. The monoisotopic (exact) mass is 485 g/mol. The molecule has 0 aliphatic carbocycles. The summed E-state index contributed by atoms with van der Waals surface area (Å²) in [5, 5.41) is 0. The minimum atomic E-state index is -0.782. The van der Waals surface area contributed by atoms with E-state index in [4.69, 9.17) is 20.9 Å². The lowest BCUT2D eigenvalue weighted by Crippen LogP contribution is -2.51. The number of aliphatic imine (C=N–C) groups is 1. The third-order valence-corrected chi connectivity index (χ3v) is 5.46.